The average molecular weight is 361 g/mol. The largest absolute Gasteiger partial charge is 0.421 e. The molecule has 0 bridgehead atoms. The van der Waals surface area contributed by atoms with Gasteiger partial charge in [-0.15, -0.1) is 24.8 Å². The lowest BCUT2D eigenvalue weighted by Gasteiger charge is -2.36. The van der Waals surface area contributed by atoms with Gasteiger partial charge in [-0.1, -0.05) is 12.1 Å². The van der Waals surface area contributed by atoms with Crippen LogP contribution in [0.4, 0.5) is 18.9 Å². The molecule has 1 aromatic rings. The van der Waals surface area contributed by atoms with E-state index in [1.54, 1.807) is 12.1 Å². The summed E-state index contributed by atoms with van der Waals surface area (Å²) in [5.41, 5.74) is -2.09. The number of aliphatic hydroxyl groups is 1. The van der Waals surface area contributed by atoms with Gasteiger partial charge in [0.25, 0.3) is 0 Å². The summed E-state index contributed by atoms with van der Waals surface area (Å²) in [5, 5.41) is 12.9. The predicted molar refractivity (Wildman–Crippen MR) is 86.2 cm³/mol. The van der Waals surface area contributed by atoms with E-state index in [1.807, 2.05) is 0 Å². The summed E-state index contributed by atoms with van der Waals surface area (Å²) in [6.45, 7) is 5.35. The Balaban J connectivity index is 0.00000220. The number of halogens is 5. The van der Waals surface area contributed by atoms with Gasteiger partial charge in [-0.25, -0.2) is 0 Å². The molecule has 1 aromatic carbocycles. The second-order valence-corrected chi connectivity index (χ2v) is 5.36. The number of alkyl halides is 3. The Labute approximate surface area is 140 Å². The van der Waals surface area contributed by atoms with Crippen LogP contribution in [-0.2, 0) is 5.60 Å². The molecule has 1 saturated heterocycles. The highest BCUT2D eigenvalue weighted by molar-refractivity contribution is 5.85. The molecule has 0 amide bonds. The van der Waals surface area contributed by atoms with Crippen LogP contribution in [0.15, 0.2) is 24.3 Å². The highest BCUT2D eigenvalue weighted by atomic mass is 35.5. The van der Waals surface area contributed by atoms with Crippen LogP contribution < -0.4 is 10.2 Å². The summed E-state index contributed by atoms with van der Waals surface area (Å²) >= 11 is 0. The van der Waals surface area contributed by atoms with Crippen LogP contribution in [0.3, 0.4) is 0 Å². The first kappa shape index (κ1) is 21.3. The minimum atomic E-state index is -4.68. The van der Waals surface area contributed by atoms with Crippen molar-refractivity contribution >= 4 is 30.5 Å². The third kappa shape index (κ3) is 4.19. The van der Waals surface area contributed by atoms with Crippen molar-refractivity contribution in [2.75, 3.05) is 24.5 Å². The van der Waals surface area contributed by atoms with Crippen molar-refractivity contribution in [2.24, 2.45) is 0 Å². The molecular weight excluding hydrogens is 340 g/mol. The maximum atomic E-state index is 12.8. The monoisotopic (exact) mass is 360 g/mol. The Morgan fingerprint density at radius 1 is 1.18 bits per heavy atom. The smallest absolute Gasteiger partial charge is 0.376 e. The van der Waals surface area contributed by atoms with Gasteiger partial charge in [-0.05, 0) is 31.5 Å². The lowest BCUT2D eigenvalue weighted by Crippen LogP contribution is -2.50. The molecule has 2 N–H and O–H groups in total. The van der Waals surface area contributed by atoms with Crippen LogP contribution in [0.5, 0.6) is 0 Å². The van der Waals surface area contributed by atoms with E-state index < -0.39 is 11.8 Å². The van der Waals surface area contributed by atoms with E-state index in [-0.39, 0.29) is 36.4 Å². The molecule has 0 aliphatic carbocycles. The molecule has 0 spiro atoms. The van der Waals surface area contributed by atoms with Crippen LogP contribution in [0.1, 0.15) is 19.4 Å². The Hall–Kier alpha value is -0.690. The van der Waals surface area contributed by atoms with E-state index >= 15 is 0 Å². The molecular formula is C14H21Cl2F3N2O. The van der Waals surface area contributed by atoms with Gasteiger partial charge in [0.05, 0.1) is 0 Å². The fourth-order valence-electron chi connectivity index (χ4n) is 2.37. The van der Waals surface area contributed by atoms with Gasteiger partial charge in [0, 0.05) is 31.4 Å². The van der Waals surface area contributed by atoms with Crippen molar-refractivity contribution in [3.8, 4) is 0 Å². The SMILES string of the molecule is C[C@H]1CNCCN1c1ccc(C(C)(O)C(F)(F)F)cc1.Cl.Cl. The van der Waals surface area contributed by atoms with Crippen LogP contribution in [0.2, 0.25) is 0 Å². The summed E-state index contributed by atoms with van der Waals surface area (Å²) in [4.78, 5) is 2.14. The normalized spacial score (nSPS) is 21.4. The molecule has 1 aliphatic heterocycles. The Kier molecular flexibility index (Phi) is 7.48. The minimum Gasteiger partial charge on any atom is -0.376 e. The molecule has 0 aromatic heterocycles. The quantitative estimate of drug-likeness (QED) is 0.850. The van der Waals surface area contributed by atoms with Crippen molar-refractivity contribution in [3.05, 3.63) is 29.8 Å². The van der Waals surface area contributed by atoms with Gasteiger partial charge in [0.2, 0.25) is 0 Å². The number of benzene rings is 1. The van der Waals surface area contributed by atoms with Crippen molar-refractivity contribution < 1.29 is 18.3 Å². The average Bonchev–Trinajstić information content (AvgIpc) is 2.38. The van der Waals surface area contributed by atoms with E-state index in [0.717, 1.165) is 32.2 Å². The zero-order valence-corrected chi connectivity index (χ0v) is 14.0. The highest BCUT2D eigenvalue weighted by Gasteiger charge is 2.51. The zero-order chi connectivity index (χ0) is 15.0. The lowest BCUT2D eigenvalue weighted by molar-refractivity contribution is -0.258. The molecule has 2 rings (SSSR count). The Morgan fingerprint density at radius 2 is 1.73 bits per heavy atom. The first-order valence-electron chi connectivity index (χ1n) is 6.60. The van der Waals surface area contributed by atoms with Gasteiger partial charge in [0.15, 0.2) is 5.60 Å². The fraction of sp³-hybridized carbons (Fsp3) is 0.571. The summed E-state index contributed by atoms with van der Waals surface area (Å²) in [5.74, 6) is 0. The van der Waals surface area contributed by atoms with Crippen LogP contribution in [0, 0.1) is 0 Å². The summed E-state index contributed by atoms with van der Waals surface area (Å²) in [7, 11) is 0. The van der Waals surface area contributed by atoms with Crippen LogP contribution in [0.25, 0.3) is 0 Å². The van der Waals surface area contributed by atoms with E-state index in [1.165, 1.54) is 12.1 Å². The third-order valence-corrected chi connectivity index (χ3v) is 3.81. The summed E-state index contributed by atoms with van der Waals surface area (Å²) < 4.78 is 38.3. The number of nitrogens with one attached hydrogen (secondary N) is 1. The first-order chi connectivity index (χ1) is 9.23. The van der Waals surface area contributed by atoms with Crippen molar-refractivity contribution in [3.63, 3.8) is 0 Å². The molecule has 2 atom stereocenters. The molecule has 3 nitrogen and oxygen atoms in total. The number of piperazine rings is 1. The summed E-state index contributed by atoms with van der Waals surface area (Å²) in [6, 6.07) is 6.25. The zero-order valence-electron chi connectivity index (χ0n) is 12.4. The molecule has 1 heterocycles. The van der Waals surface area contributed by atoms with Crippen molar-refractivity contribution in [2.45, 2.75) is 31.7 Å². The number of anilines is 1. The second-order valence-electron chi connectivity index (χ2n) is 5.36. The molecule has 1 fully saturated rings. The Bertz CT molecular complexity index is 466. The maximum Gasteiger partial charge on any atom is 0.421 e. The van der Waals surface area contributed by atoms with E-state index in [2.05, 4.69) is 17.1 Å². The Morgan fingerprint density at radius 3 is 2.18 bits per heavy atom. The number of hydrogen-bond donors (Lipinski definition) is 2. The molecule has 128 valence electrons. The van der Waals surface area contributed by atoms with Gasteiger partial charge in [-0.3, -0.25) is 0 Å². The van der Waals surface area contributed by atoms with Crippen LogP contribution in [-0.4, -0.2) is 37.0 Å². The fourth-order valence-corrected chi connectivity index (χ4v) is 2.37. The molecule has 1 unspecified atom stereocenters. The topological polar surface area (TPSA) is 35.5 Å². The minimum absolute atomic E-state index is 0. The van der Waals surface area contributed by atoms with Crippen molar-refractivity contribution in [1.29, 1.82) is 0 Å². The molecule has 1 aliphatic rings. The maximum absolute atomic E-state index is 12.8. The van der Waals surface area contributed by atoms with Gasteiger partial charge < -0.3 is 15.3 Å². The highest BCUT2D eigenvalue weighted by Crippen LogP contribution is 2.38. The van der Waals surface area contributed by atoms with Crippen LogP contribution >= 0.6 is 24.8 Å². The molecule has 0 radical (unpaired) electrons. The van der Waals surface area contributed by atoms with Crippen molar-refractivity contribution in [1.82, 2.24) is 5.32 Å². The number of hydrogen-bond acceptors (Lipinski definition) is 3. The first-order valence-corrected chi connectivity index (χ1v) is 6.60. The molecule has 22 heavy (non-hydrogen) atoms. The lowest BCUT2D eigenvalue weighted by atomic mass is 9.95. The van der Waals surface area contributed by atoms with E-state index in [9.17, 15) is 18.3 Å². The van der Waals surface area contributed by atoms with Gasteiger partial charge in [0.1, 0.15) is 0 Å². The second kappa shape index (κ2) is 7.73. The van der Waals surface area contributed by atoms with E-state index in [0.29, 0.717) is 0 Å². The third-order valence-electron chi connectivity index (χ3n) is 3.81. The number of rotatable bonds is 2. The summed E-state index contributed by atoms with van der Waals surface area (Å²) in [6.07, 6.45) is -4.68. The van der Waals surface area contributed by atoms with Gasteiger partial charge in [-0.2, -0.15) is 13.2 Å². The predicted octanol–water partition coefficient (Wildman–Crippen LogP) is 3.10. The van der Waals surface area contributed by atoms with E-state index in [4.69, 9.17) is 0 Å². The molecule has 8 heteroatoms. The number of nitrogens with zero attached hydrogens (tertiary/aromatic N) is 1. The molecule has 0 saturated carbocycles. The standard InChI is InChI=1S/C14H19F3N2O.2ClH/c1-10-9-18-7-8-19(10)12-5-3-11(4-6-12)13(2,20)14(15,16)17;;/h3-6,10,18,20H,7-9H2,1-2H3;2*1H/t10-,13?;;/m0../s1. The van der Waals surface area contributed by atoms with Gasteiger partial charge >= 0.3 is 6.18 Å².